The van der Waals surface area contributed by atoms with Crippen molar-refractivity contribution >= 4 is 0 Å². The molecule has 2 atom stereocenters. The Bertz CT molecular complexity index is 679. The first-order valence-corrected chi connectivity index (χ1v) is 7.19. The number of aromatic hydroxyl groups is 3. The molecule has 2 aromatic carbocycles. The van der Waals surface area contributed by atoms with Crippen LogP contribution in [0, 0.1) is 0 Å². The average Bonchev–Trinajstić information content (AvgIpc) is 2.51. The van der Waals surface area contributed by atoms with Crippen molar-refractivity contribution < 1.29 is 30.3 Å². The summed E-state index contributed by atoms with van der Waals surface area (Å²) in [4.78, 5) is 0. The number of rotatable bonds is 3. The number of benzene rings is 2. The topological polar surface area (TPSA) is 110 Å². The minimum atomic E-state index is -0.972. The van der Waals surface area contributed by atoms with Crippen LogP contribution in [-0.2, 0) is 0 Å². The van der Waals surface area contributed by atoms with E-state index < -0.39 is 24.0 Å². The van der Waals surface area contributed by atoms with Crippen LogP contribution in [0.1, 0.15) is 23.0 Å². The Morgan fingerprint density at radius 2 is 1.35 bits per heavy atom. The van der Waals surface area contributed by atoms with Gasteiger partial charge in [0.1, 0.15) is 23.0 Å². The zero-order valence-electron chi connectivity index (χ0n) is 12.4. The van der Waals surface area contributed by atoms with Crippen molar-refractivity contribution in [2.45, 2.75) is 24.0 Å². The summed E-state index contributed by atoms with van der Waals surface area (Å²) in [6.45, 7) is 0. The quantitative estimate of drug-likeness (QED) is 0.585. The van der Waals surface area contributed by atoms with Crippen LogP contribution >= 0.6 is 0 Å². The number of methoxy groups -OCH3 is 1. The molecule has 0 aliphatic heterocycles. The van der Waals surface area contributed by atoms with Crippen molar-refractivity contribution in [2.24, 2.45) is 0 Å². The summed E-state index contributed by atoms with van der Waals surface area (Å²) in [6, 6.07) is 9.10. The highest BCUT2D eigenvalue weighted by Gasteiger charge is 2.52. The van der Waals surface area contributed by atoms with Gasteiger partial charge in [-0.05, 0) is 17.7 Å². The van der Waals surface area contributed by atoms with Gasteiger partial charge in [0.25, 0.3) is 0 Å². The fourth-order valence-electron chi connectivity index (χ4n) is 3.22. The Labute approximate surface area is 132 Å². The van der Waals surface area contributed by atoms with E-state index >= 15 is 0 Å². The van der Waals surface area contributed by atoms with Gasteiger partial charge in [-0.15, -0.1) is 0 Å². The van der Waals surface area contributed by atoms with Gasteiger partial charge in [0, 0.05) is 29.5 Å². The van der Waals surface area contributed by atoms with Crippen molar-refractivity contribution in [2.75, 3.05) is 7.11 Å². The SMILES string of the molecule is COc1ccc(C2C(O)C(c3c(O)cc(O)cc3O)C2O)cc1. The molecule has 0 radical (unpaired) electrons. The summed E-state index contributed by atoms with van der Waals surface area (Å²) >= 11 is 0. The normalized spacial score (nSPS) is 26.6. The smallest absolute Gasteiger partial charge is 0.126 e. The van der Waals surface area contributed by atoms with E-state index in [1.165, 1.54) is 0 Å². The third kappa shape index (κ3) is 2.46. The third-order valence-electron chi connectivity index (χ3n) is 4.43. The Kier molecular flexibility index (Phi) is 3.79. The Morgan fingerprint density at radius 1 is 0.826 bits per heavy atom. The first-order chi connectivity index (χ1) is 10.9. The van der Waals surface area contributed by atoms with E-state index in [1.807, 2.05) is 0 Å². The molecule has 1 saturated carbocycles. The summed E-state index contributed by atoms with van der Waals surface area (Å²) in [5.41, 5.74) is 0.771. The predicted octanol–water partition coefficient (Wildman–Crippen LogP) is 1.41. The van der Waals surface area contributed by atoms with E-state index in [0.717, 1.165) is 17.7 Å². The molecule has 1 fully saturated rings. The van der Waals surface area contributed by atoms with E-state index in [-0.39, 0.29) is 22.8 Å². The largest absolute Gasteiger partial charge is 0.508 e. The Balaban J connectivity index is 1.89. The maximum atomic E-state index is 10.4. The lowest BCUT2D eigenvalue weighted by molar-refractivity contribution is -0.0798. The van der Waals surface area contributed by atoms with Gasteiger partial charge in [-0.25, -0.2) is 0 Å². The molecule has 0 aromatic heterocycles. The van der Waals surface area contributed by atoms with E-state index in [0.29, 0.717) is 5.75 Å². The first-order valence-electron chi connectivity index (χ1n) is 7.19. The Hall–Kier alpha value is -2.44. The van der Waals surface area contributed by atoms with Gasteiger partial charge in [0.15, 0.2) is 0 Å². The molecule has 5 N–H and O–H groups in total. The van der Waals surface area contributed by atoms with Gasteiger partial charge in [-0.2, -0.15) is 0 Å². The van der Waals surface area contributed by atoms with Crippen molar-refractivity contribution in [1.29, 1.82) is 0 Å². The fourth-order valence-corrected chi connectivity index (χ4v) is 3.22. The van der Waals surface area contributed by atoms with Gasteiger partial charge >= 0.3 is 0 Å². The van der Waals surface area contributed by atoms with E-state index in [9.17, 15) is 25.5 Å². The van der Waals surface area contributed by atoms with Crippen molar-refractivity contribution in [1.82, 2.24) is 0 Å². The molecular formula is C17H18O6. The molecule has 2 unspecified atom stereocenters. The second-order valence-corrected chi connectivity index (χ2v) is 5.70. The molecule has 2 aromatic rings. The zero-order valence-corrected chi connectivity index (χ0v) is 12.4. The number of hydrogen-bond donors (Lipinski definition) is 5. The summed E-state index contributed by atoms with van der Waals surface area (Å²) in [5.74, 6) is -1.71. The highest BCUT2D eigenvalue weighted by atomic mass is 16.5. The van der Waals surface area contributed by atoms with Gasteiger partial charge < -0.3 is 30.3 Å². The second-order valence-electron chi connectivity index (χ2n) is 5.70. The lowest BCUT2D eigenvalue weighted by Gasteiger charge is -2.47. The molecule has 0 spiro atoms. The minimum Gasteiger partial charge on any atom is -0.508 e. The van der Waals surface area contributed by atoms with Crippen molar-refractivity contribution in [3.63, 3.8) is 0 Å². The molecule has 0 bridgehead atoms. The van der Waals surface area contributed by atoms with Gasteiger partial charge in [0.2, 0.25) is 0 Å². The Morgan fingerprint density at radius 3 is 1.83 bits per heavy atom. The van der Waals surface area contributed by atoms with Crippen LogP contribution in [0.5, 0.6) is 23.0 Å². The summed E-state index contributed by atoms with van der Waals surface area (Å²) in [7, 11) is 1.55. The van der Waals surface area contributed by atoms with Crippen LogP contribution in [0.25, 0.3) is 0 Å². The molecule has 0 saturated heterocycles. The number of ether oxygens (including phenoxy) is 1. The standard InChI is InChI=1S/C17H18O6/c1-23-10-4-2-8(3-5-10)13-16(21)15(17(13)22)14-11(19)6-9(18)7-12(14)20/h2-7,13,15-22H,1H3. The molecule has 1 aliphatic rings. The lowest BCUT2D eigenvalue weighted by Crippen LogP contribution is -2.51. The monoisotopic (exact) mass is 318 g/mol. The highest BCUT2D eigenvalue weighted by molar-refractivity contribution is 5.53. The van der Waals surface area contributed by atoms with Crippen LogP contribution in [0.3, 0.4) is 0 Å². The van der Waals surface area contributed by atoms with Crippen LogP contribution in [-0.4, -0.2) is 44.9 Å². The van der Waals surface area contributed by atoms with Crippen molar-refractivity contribution in [3.8, 4) is 23.0 Å². The van der Waals surface area contributed by atoms with Crippen LogP contribution in [0.15, 0.2) is 36.4 Å². The number of hydrogen-bond acceptors (Lipinski definition) is 6. The molecule has 6 nitrogen and oxygen atoms in total. The van der Waals surface area contributed by atoms with Crippen LogP contribution < -0.4 is 4.74 Å². The molecule has 23 heavy (non-hydrogen) atoms. The van der Waals surface area contributed by atoms with Gasteiger partial charge in [-0.3, -0.25) is 0 Å². The number of phenolic OH excluding ortho intramolecular Hbond substituents is 3. The second kappa shape index (κ2) is 5.64. The third-order valence-corrected chi connectivity index (χ3v) is 4.43. The van der Waals surface area contributed by atoms with Gasteiger partial charge in [-0.1, -0.05) is 12.1 Å². The first kappa shape index (κ1) is 15.5. The van der Waals surface area contributed by atoms with E-state index in [4.69, 9.17) is 4.74 Å². The summed E-state index contributed by atoms with van der Waals surface area (Å²) in [5, 5.41) is 50.0. The lowest BCUT2D eigenvalue weighted by atomic mass is 9.63. The van der Waals surface area contributed by atoms with Crippen molar-refractivity contribution in [3.05, 3.63) is 47.5 Å². The summed E-state index contributed by atoms with van der Waals surface area (Å²) in [6.07, 6.45) is -1.94. The maximum absolute atomic E-state index is 10.4. The molecule has 3 rings (SSSR count). The summed E-state index contributed by atoms with van der Waals surface area (Å²) < 4.78 is 5.07. The number of aliphatic hydroxyl groups is 2. The van der Waals surface area contributed by atoms with Gasteiger partial charge in [0.05, 0.1) is 19.3 Å². The van der Waals surface area contributed by atoms with Crippen LogP contribution in [0.4, 0.5) is 0 Å². The fraction of sp³-hybridized carbons (Fsp3) is 0.294. The zero-order chi connectivity index (χ0) is 16.7. The molecule has 122 valence electrons. The maximum Gasteiger partial charge on any atom is 0.126 e. The highest BCUT2D eigenvalue weighted by Crippen LogP contribution is 2.53. The molecule has 1 aliphatic carbocycles. The molecule has 0 heterocycles. The van der Waals surface area contributed by atoms with E-state index in [2.05, 4.69) is 0 Å². The van der Waals surface area contributed by atoms with Crippen LogP contribution in [0.2, 0.25) is 0 Å². The van der Waals surface area contributed by atoms with E-state index in [1.54, 1.807) is 31.4 Å². The predicted molar refractivity (Wildman–Crippen MR) is 81.9 cm³/mol. The molecule has 0 amide bonds. The minimum absolute atomic E-state index is 0.0348. The molecule has 6 heteroatoms. The number of phenols is 3. The number of aliphatic hydroxyl groups excluding tert-OH is 2. The molecular weight excluding hydrogens is 300 g/mol. The average molecular weight is 318 g/mol.